The van der Waals surface area contributed by atoms with E-state index in [2.05, 4.69) is 29.8 Å². The van der Waals surface area contributed by atoms with Crippen molar-refractivity contribution in [2.24, 2.45) is 34.5 Å². The number of aliphatic hydroxyl groups excluding tert-OH is 1. The zero-order chi connectivity index (χ0) is 15.7. The van der Waals surface area contributed by atoms with Crippen LogP contribution in [0.25, 0.3) is 0 Å². The number of Topliss-reactive ketones (excluding diaryl/α,β-unsaturated/α-hetero) is 1. The van der Waals surface area contributed by atoms with Crippen LogP contribution in [0.2, 0.25) is 0 Å². The second-order valence-electron chi connectivity index (χ2n) is 9.11. The molecule has 0 saturated heterocycles. The molecule has 1 N–H and O–H groups in total. The Morgan fingerprint density at radius 1 is 1.05 bits per heavy atom. The van der Waals surface area contributed by atoms with E-state index in [9.17, 15) is 9.90 Å². The van der Waals surface area contributed by atoms with Crippen LogP contribution in [0.5, 0.6) is 0 Å². The van der Waals surface area contributed by atoms with E-state index in [1.165, 1.54) is 25.7 Å². The van der Waals surface area contributed by atoms with Crippen LogP contribution in [0.4, 0.5) is 0 Å². The van der Waals surface area contributed by atoms with E-state index < -0.39 is 0 Å². The molecule has 3 unspecified atom stereocenters. The SMILES string of the molecule is C[C@]12CCC(O)CC1CC[C@@H]1[C@H]2CC[C@]2(C)C(=O)C(Br)C[C@@H]12. The predicted molar refractivity (Wildman–Crippen MR) is 90.8 cm³/mol. The first-order chi connectivity index (χ1) is 10.4. The van der Waals surface area contributed by atoms with Crippen LogP contribution >= 0.6 is 15.9 Å². The van der Waals surface area contributed by atoms with Gasteiger partial charge in [0, 0.05) is 5.41 Å². The molecule has 8 atom stereocenters. The third-order valence-electron chi connectivity index (χ3n) is 8.34. The van der Waals surface area contributed by atoms with Crippen molar-refractivity contribution in [3.05, 3.63) is 0 Å². The van der Waals surface area contributed by atoms with Crippen LogP contribution in [-0.4, -0.2) is 21.8 Å². The first-order valence-corrected chi connectivity index (χ1v) is 10.1. The lowest BCUT2D eigenvalue weighted by Crippen LogP contribution is -2.54. The van der Waals surface area contributed by atoms with Crippen LogP contribution < -0.4 is 0 Å². The summed E-state index contributed by atoms with van der Waals surface area (Å²) in [7, 11) is 0. The first kappa shape index (κ1) is 15.6. The van der Waals surface area contributed by atoms with Gasteiger partial charge in [0.25, 0.3) is 0 Å². The van der Waals surface area contributed by atoms with Crippen molar-refractivity contribution < 1.29 is 9.90 Å². The summed E-state index contributed by atoms with van der Waals surface area (Å²) in [6.07, 6.45) is 9.04. The number of carbonyl (C=O) groups is 1. The van der Waals surface area contributed by atoms with E-state index in [-0.39, 0.29) is 16.3 Å². The molecule has 0 aliphatic heterocycles. The third kappa shape index (κ3) is 1.97. The summed E-state index contributed by atoms with van der Waals surface area (Å²) in [5.41, 5.74) is 0.351. The van der Waals surface area contributed by atoms with Crippen molar-refractivity contribution in [3.8, 4) is 0 Å². The van der Waals surface area contributed by atoms with Gasteiger partial charge in [-0.3, -0.25) is 4.79 Å². The van der Waals surface area contributed by atoms with Crippen molar-refractivity contribution in [2.45, 2.75) is 76.1 Å². The van der Waals surface area contributed by atoms with Crippen LogP contribution in [0.3, 0.4) is 0 Å². The number of hydrogen-bond acceptors (Lipinski definition) is 2. The monoisotopic (exact) mass is 368 g/mol. The summed E-state index contributed by atoms with van der Waals surface area (Å²) in [6.45, 7) is 4.75. The van der Waals surface area contributed by atoms with Crippen molar-refractivity contribution in [2.75, 3.05) is 0 Å². The zero-order valence-corrected chi connectivity index (χ0v) is 15.4. The topological polar surface area (TPSA) is 37.3 Å². The molecule has 0 bridgehead atoms. The van der Waals surface area contributed by atoms with Crippen molar-refractivity contribution in [1.82, 2.24) is 0 Å². The molecule has 4 rings (SSSR count). The molecule has 0 aromatic rings. The fourth-order valence-corrected chi connectivity index (χ4v) is 7.91. The molecule has 4 fully saturated rings. The van der Waals surface area contributed by atoms with Crippen molar-refractivity contribution in [3.63, 3.8) is 0 Å². The highest BCUT2D eigenvalue weighted by atomic mass is 79.9. The van der Waals surface area contributed by atoms with E-state index in [0.717, 1.165) is 37.5 Å². The van der Waals surface area contributed by atoms with Gasteiger partial charge >= 0.3 is 0 Å². The molecule has 0 amide bonds. The Kier molecular flexibility index (Phi) is 3.59. The number of halogens is 1. The highest BCUT2D eigenvalue weighted by molar-refractivity contribution is 9.10. The molecule has 2 nitrogen and oxygen atoms in total. The smallest absolute Gasteiger partial charge is 0.152 e. The summed E-state index contributed by atoms with van der Waals surface area (Å²) >= 11 is 3.65. The molecule has 4 aliphatic carbocycles. The maximum absolute atomic E-state index is 12.7. The molecular weight excluding hydrogens is 340 g/mol. The summed E-state index contributed by atoms with van der Waals surface area (Å²) < 4.78 is 0. The second-order valence-corrected chi connectivity index (χ2v) is 10.2. The van der Waals surface area contributed by atoms with Gasteiger partial charge in [0.2, 0.25) is 0 Å². The van der Waals surface area contributed by atoms with Gasteiger partial charge < -0.3 is 5.11 Å². The van der Waals surface area contributed by atoms with Gasteiger partial charge in [-0.15, -0.1) is 0 Å². The normalized spacial score (nSPS) is 57.9. The molecule has 0 spiro atoms. The molecule has 4 aliphatic rings. The number of hydrogen-bond donors (Lipinski definition) is 1. The van der Waals surface area contributed by atoms with E-state index >= 15 is 0 Å². The number of ketones is 1. The Labute approximate surface area is 142 Å². The highest BCUT2D eigenvalue weighted by Crippen LogP contribution is 2.65. The molecule has 22 heavy (non-hydrogen) atoms. The van der Waals surface area contributed by atoms with Gasteiger partial charge in [-0.2, -0.15) is 0 Å². The Morgan fingerprint density at radius 2 is 1.82 bits per heavy atom. The quantitative estimate of drug-likeness (QED) is 0.646. The van der Waals surface area contributed by atoms with E-state index in [1.54, 1.807) is 0 Å². The highest BCUT2D eigenvalue weighted by Gasteiger charge is 2.61. The Morgan fingerprint density at radius 3 is 2.59 bits per heavy atom. The summed E-state index contributed by atoms with van der Waals surface area (Å²) in [5, 5.41) is 10.1. The fraction of sp³-hybridized carbons (Fsp3) is 0.947. The Bertz CT molecular complexity index is 492. The number of aliphatic hydroxyl groups is 1. The predicted octanol–water partition coefficient (Wildman–Crippen LogP) is 4.33. The number of carbonyl (C=O) groups excluding carboxylic acids is 1. The van der Waals surface area contributed by atoms with E-state index in [4.69, 9.17) is 0 Å². The fourth-order valence-electron chi connectivity index (χ4n) is 6.98. The lowest BCUT2D eigenvalue weighted by Gasteiger charge is -2.60. The van der Waals surface area contributed by atoms with Gasteiger partial charge in [0.15, 0.2) is 5.78 Å². The molecular formula is C19H29BrO2. The van der Waals surface area contributed by atoms with Crippen LogP contribution in [0, 0.1) is 34.5 Å². The van der Waals surface area contributed by atoms with Crippen molar-refractivity contribution >= 4 is 21.7 Å². The van der Waals surface area contributed by atoms with Crippen LogP contribution in [0.15, 0.2) is 0 Å². The molecule has 0 heterocycles. The van der Waals surface area contributed by atoms with E-state index in [1.807, 2.05) is 0 Å². The maximum atomic E-state index is 12.7. The minimum absolute atomic E-state index is 0.0628. The number of fused-ring (bicyclic) bond motifs is 5. The van der Waals surface area contributed by atoms with Gasteiger partial charge in [-0.25, -0.2) is 0 Å². The molecule has 3 heteroatoms. The molecule has 4 saturated carbocycles. The third-order valence-corrected chi connectivity index (χ3v) is 9.13. The van der Waals surface area contributed by atoms with Crippen LogP contribution in [0.1, 0.15) is 65.2 Å². The maximum Gasteiger partial charge on any atom is 0.152 e. The zero-order valence-electron chi connectivity index (χ0n) is 13.9. The lowest BCUT2D eigenvalue weighted by atomic mass is 9.45. The van der Waals surface area contributed by atoms with Gasteiger partial charge in [-0.1, -0.05) is 29.8 Å². The summed E-state index contributed by atoms with van der Waals surface area (Å²) in [4.78, 5) is 12.8. The van der Waals surface area contributed by atoms with Gasteiger partial charge in [-0.05, 0) is 80.5 Å². The Hall–Kier alpha value is 0.110. The standard InChI is InChI=1S/C19H29BrO2/c1-18-7-5-12(21)9-11(18)3-4-13-14(18)6-8-19(2)15(13)10-16(20)17(19)22/h11-16,21H,3-10H2,1-2H3/t11?,12?,13-,14-,15+,16?,18+,19+/m1/s1. The molecule has 0 aromatic carbocycles. The first-order valence-electron chi connectivity index (χ1n) is 9.23. The average molecular weight is 369 g/mol. The minimum atomic E-state index is -0.0662. The Balaban J connectivity index is 1.64. The number of alkyl halides is 1. The van der Waals surface area contributed by atoms with Gasteiger partial charge in [0.1, 0.15) is 0 Å². The molecule has 124 valence electrons. The average Bonchev–Trinajstić information content (AvgIpc) is 2.72. The van der Waals surface area contributed by atoms with Gasteiger partial charge in [0.05, 0.1) is 10.9 Å². The summed E-state index contributed by atoms with van der Waals surface area (Å²) in [5.74, 6) is 3.29. The molecule has 0 aromatic heterocycles. The van der Waals surface area contributed by atoms with Crippen LogP contribution in [-0.2, 0) is 4.79 Å². The van der Waals surface area contributed by atoms with E-state index in [0.29, 0.717) is 23.0 Å². The second kappa shape index (κ2) is 5.05. The summed E-state index contributed by atoms with van der Waals surface area (Å²) in [6, 6.07) is 0. The molecule has 0 radical (unpaired) electrons. The van der Waals surface area contributed by atoms with Crippen molar-refractivity contribution in [1.29, 1.82) is 0 Å². The lowest BCUT2D eigenvalue weighted by molar-refractivity contribution is -0.142. The minimum Gasteiger partial charge on any atom is -0.393 e. The largest absolute Gasteiger partial charge is 0.393 e. The number of rotatable bonds is 0.